The van der Waals surface area contributed by atoms with Gasteiger partial charge in [0.25, 0.3) is 0 Å². The topological polar surface area (TPSA) is 45.4 Å². The van der Waals surface area contributed by atoms with Crippen LogP contribution in [0.5, 0.6) is 0 Å². The minimum Gasteiger partial charge on any atom is -0.393 e. The van der Waals surface area contributed by atoms with Gasteiger partial charge in [-0.25, -0.2) is 0 Å². The molecule has 3 heteroatoms. The van der Waals surface area contributed by atoms with E-state index in [1.807, 2.05) is 60.9 Å². The highest BCUT2D eigenvalue weighted by atomic mass is 16.3. The average molecular weight is 245 g/mol. The highest BCUT2D eigenvalue weighted by Gasteiger charge is 2.34. The Morgan fingerprint density at radius 3 is 1.83 bits per heavy atom. The molecule has 0 aliphatic rings. The first-order valence-corrected chi connectivity index (χ1v) is 6.08. The van der Waals surface area contributed by atoms with E-state index in [1.165, 1.54) is 0 Å². The van der Waals surface area contributed by atoms with E-state index in [9.17, 15) is 10.2 Å². The maximum Gasteiger partial charge on any atom is 0.115 e. The minimum absolute atomic E-state index is 0.135. The van der Waals surface area contributed by atoms with E-state index in [0.717, 1.165) is 17.0 Å². The van der Waals surface area contributed by atoms with Gasteiger partial charge in [-0.2, -0.15) is 0 Å². The number of benzene rings is 1. The number of nitrogens with zero attached hydrogens (tertiary/aromatic N) is 1. The molecule has 2 aromatic rings. The molecule has 0 atom stereocenters. The summed E-state index contributed by atoms with van der Waals surface area (Å²) in [5.74, 6) is 0. The molecule has 2 rings (SSSR count). The summed E-state index contributed by atoms with van der Waals surface area (Å²) in [7, 11) is 0. The molecule has 18 heavy (non-hydrogen) atoms. The fourth-order valence-corrected chi connectivity index (χ4v) is 2.60. The van der Waals surface area contributed by atoms with Gasteiger partial charge in [0.1, 0.15) is 5.54 Å². The SMILES string of the molecule is Cc1ccc(C)n1C(CO)(CO)c1ccccc1. The lowest BCUT2D eigenvalue weighted by atomic mass is 9.90. The van der Waals surface area contributed by atoms with Crippen LogP contribution in [-0.4, -0.2) is 28.0 Å². The van der Waals surface area contributed by atoms with Crippen molar-refractivity contribution in [2.45, 2.75) is 19.4 Å². The second-order valence-electron chi connectivity index (χ2n) is 4.67. The number of hydrogen-bond donors (Lipinski definition) is 2. The highest BCUT2D eigenvalue weighted by molar-refractivity contribution is 5.30. The number of hydrogen-bond acceptors (Lipinski definition) is 2. The molecular weight excluding hydrogens is 226 g/mol. The molecule has 0 saturated carbocycles. The summed E-state index contributed by atoms with van der Waals surface area (Å²) in [4.78, 5) is 0. The van der Waals surface area contributed by atoms with E-state index in [1.54, 1.807) is 0 Å². The molecule has 0 spiro atoms. The van der Waals surface area contributed by atoms with Crippen molar-refractivity contribution in [2.75, 3.05) is 13.2 Å². The zero-order valence-electron chi connectivity index (χ0n) is 10.8. The van der Waals surface area contributed by atoms with Crippen LogP contribution in [0.3, 0.4) is 0 Å². The van der Waals surface area contributed by atoms with Gasteiger partial charge in [0.2, 0.25) is 0 Å². The van der Waals surface area contributed by atoms with Crippen molar-refractivity contribution >= 4 is 0 Å². The van der Waals surface area contributed by atoms with Crippen molar-refractivity contribution < 1.29 is 10.2 Å². The van der Waals surface area contributed by atoms with Gasteiger partial charge in [-0.1, -0.05) is 30.3 Å². The first-order chi connectivity index (χ1) is 8.65. The van der Waals surface area contributed by atoms with E-state index in [-0.39, 0.29) is 13.2 Å². The number of rotatable bonds is 4. The Bertz CT molecular complexity index is 493. The summed E-state index contributed by atoms with van der Waals surface area (Å²) < 4.78 is 2.00. The Kier molecular flexibility index (Phi) is 3.55. The Morgan fingerprint density at radius 2 is 1.39 bits per heavy atom. The van der Waals surface area contributed by atoms with Crippen LogP contribution in [0.2, 0.25) is 0 Å². The third kappa shape index (κ3) is 1.85. The Hall–Kier alpha value is -1.58. The minimum atomic E-state index is -0.793. The van der Waals surface area contributed by atoms with Crippen LogP contribution in [0.25, 0.3) is 0 Å². The molecule has 0 amide bonds. The van der Waals surface area contributed by atoms with Gasteiger partial charge < -0.3 is 14.8 Å². The molecule has 0 aliphatic heterocycles. The smallest absolute Gasteiger partial charge is 0.115 e. The van der Waals surface area contributed by atoms with Crippen molar-refractivity contribution in [3.8, 4) is 0 Å². The predicted octanol–water partition coefficient (Wildman–Crippen LogP) is 1.83. The van der Waals surface area contributed by atoms with Gasteiger partial charge in [-0.3, -0.25) is 0 Å². The summed E-state index contributed by atoms with van der Waals surface area (Å²) in [5, 5.41) is 19.7. The van der Waals surface area contributed by atoms with Crippen molar-refractivity contribution in [2.24, 2.45) is 0 Å². The monoisotopic (exact) mass is 245 g/mol. The highest BCUT2D eigenvalue weighted by Crippen LogP contribution is 2.29. The van der Waals surface area contributed by atoms with Crippen molar-refractivity contribution in [1.82, 2.24) is 4.57 Å². The summed E-state index contributed by atoms with van der Waals surface area (Å²) in [6, 6.07) is 13.6. The van der Waals surface area contributed by atoms with Crippen LogP contribution in [0, 0.1) is 13.8 Å². The largest absolute Gasteiger partial charge is 0.393 e. The van der Waals surface area contributed by atoms with Crippen molar-refractivity contribution in [1.29, 1.82) is 0 Å². The van der Waals surface area contributed by atoms with Gasteiger partial charge in [-0.05, 0) is 31.5 Å². The molecule has 1 heterocycles. The maximum absolute atomic E-state index is 9.87. The molecule has 1 aromatic heterocycles. The fourth-order valence-electron chi connectivity index (χ4n) is 2.60. The second kappa shape index (κ2) is 4.96. The number of aryl methyl sites for hydroxylation is 2. The fraction of sp³-hybridized carbons (Fsp3) is 0.333. The molecule has 0 bridgehead atoms. The molecule has 96 valence electrons. The quantitative estimate of drug-likeness (QED) is 0.863. The van der Waals surface area contributed by atoms with Gasteiger partial charge in [-0.15, -0.1) is 0 Å². The lowest BCUT2D eigenvalue weighted by Crippen LogP contribution is -2.43. The molecular formula is C15H19NO2. The molecule has 0 fully saturated rings. The lowest BCUT2D eigenvalue weighted by Gasteiger charge is -2.35. The first-order valence-electron chi connectivity index (χ1n) is 6.08. The lowest BCUT2D eigenvalue weighted by molar-refractivity contribution is 0.0915. The first kappa shape index (κ1) is 12.9. The van der Waals surface area contributed by atoms with Crippen LogP contribution >= 0.6 is 0 Å². The average Bonchev–Trinajstić information content (AvgIpc) is 2.75. The van der Waals surface area contributed by atoms with E-state index in [0.29, 0.717) is 0 Å². The molecule has 3 nitrogen and oxygen atoms in total. The Balaban J connectivity index is 2.65. The Labute approximate surface area is 107 Å². The van der Waals surface area contributed by atoms with Crippen molar-refractivity contribution in [3.05, 3.63) is 59.4 Å². The van der Waals surface area contributed by atoms with Crippen molar-refractivity contribution in [3.63, 3.8) is 0 Å². The summed E-state index contributed by atoms with van der Waals surface area (Å²) in [5.41, 5.74) is 2.18. The maximum atomic E-state index is 9.87. The summed E-state index contributed by atoms with van der Waals surface area (Å²) in [6.07, 6.45) is 0. The van der Waals surface area contributed by atoms with E-state index >= 15 is 0 Å². The number of aromatic nitrogens is 1. The molecule has 0 saturated heterocycles. The molecule has 1 aromatic carbocycles. The van der Waals surface area contributed by atoms with Crippen LogP contribution in [0.1, 0.15) is 17.0 Å². The van der Waals surface area contributed by atoms with Crippen LogP contribution in [0.15, 0.2) is 42.5 Å². The van der Waals surface area contributed by atoms with Crippen LogP contribution < -0.4 is 0 Å². The second-order valence-corrected chi connectivity index (χ2v) is 4.67. The standard InChI is InChI=1S/C15H19NO2/c1-12-8-9-13(2)16(12)15(10-17,11-18)14-6-4-3-5-7-14/h3-9,17-18H,10-11H2,1-2H3. The molecule has 2 N–H and O–H groups in total. The number of aliphatic hydroxyl groups is 2. The molecule has 0 unspecified atom stereocenters. The van der Waals surface area contributed by atoms with Gasteiger partial charge >= 0.3 is 0 Å². The van der Waals surface area contributed by atoms with E-state index in [2.05, 4.69) is 0 Å². The zero-order chi connectivity index (χ0) is 13.2. The van der Waals surface area contributed by atoms with Crippen LogP contribution in [0.4, 0.5) is 0 Å². The third-order valence-electron chi connectivity index (χ3n) is 3.53. The van der Waals surface area contributed by atoms with E-state index in [4.69, 9.17) is 0 Å². The third-order valence-corrected chi connectivity index (χ3v) is 3.53. The zero-order valence-corrected chi connectivity index (χ0v) is 10.8. The van der Waals surface area contributed by atoms with Gasteiger partial charge in [0.15, 0.2) is 0 Å². The summed E-state index contributed by atoms with van der Waals surface area (Å²) in [6.45, 7) is 3.69. The van der Waals surface area contributed by atoms with Gasteiger partial charge in [0, 0.05) is 11.4 Å². The molecule has 0 aliphatic carbocycles. The van der Waals surface area contributed by atoms with E-state index < -0.39 is 5.54 Å². The van der Waals surface area contributed by atoms with Crippen LogP contribution in [-0.2, 0) is 5.54 Å². The predicted molar refractivity (Wildman–Crippen MR) is 71.6 cm³/mol. The normalized spacial score (nSPS) is 11.8. The van der Waals surface area contributed by atoms with Gasteiger partial charge in [0.05, 0.1) is 13.2 Å². The number of aliphatic hydroxyl groups excluding tert-OH is 2. The Morgan fingerprint density at radius 1 is 0.889 bits per heavy atom. The molecule has 0 radical (unpaired) electrons. The summed E-state index contributed by atoms with van der Waals surface area (Å²) >= 11 is 0.